The highest BCUT2D eigenvalue weighted by molar-refractivity contribution is 6.05. The average molecular weight is 254 g/mol. The SMILES string of the molecule is O=C(O)C1=C(c2ccccc2)[C@@H]2[C@H]3CC(=O)[C@H](C3)[C@H]12. The number of carboxylic acid groups (broad SMARTS) is 1. The van der Waals surface area contributed by atoms with Gasteiger partial charge in [0.05, 0.1) is 0 Å². The molecule has 3 aliphatic rings. The molecule has 1 N–H and O–H groups in total. The van der Waals surface area contributed by atoms with Crippen molar-refractivity contribution < 1.29 is 14.7 Å². The summed E-state index contributed by atoms with van der Waals surface area (Å²) in [6.45, 7) is 0. The lowest BCUT2D eigenvalue weighted by Crippen LogP contribution is -2.41. The van der Waals surface area contributed by atoms with Gasteiger partial charge in [-0.3, -0.25) is 4.79 Å². The predicted molar refractivity (Wildman–Crippen MR) is 69.2 cm³/mol. The van der Waals surface area contributed by atoms with Crippen LogP contribution >= 0.6 is 0 Å². The quantitative estimate of drug-likeness (QED) is 0.881. The zero-order valence-electron chi connectivity index (χ0n) is 10.4. The largest absolute Gasteiger partial charge is 0.478 e. The second kappa shape index (κ2) is 3.56. The van der Waals surface area contributed by atoms with Gasteiger partial charge in [-0.05, 0) is 29.4 Å². The molecule has 3 aliphatic carbocycles. The Morgan fingerprint density at radius 3 is 2.58 bits per heavy atom. The maximum absolute atomic E-state index is 11.8. The van der Waals surface area contributed by atoms with Gasteiger partial charge in [0.2, 0.25) is 0 Å². The van der Waals surface area contributed by atoms with Crippen molar-refractivity contribution in [2.45, 2.75) is 12.8 Å². The molecule has 0 aliphatic heterocycles. The van der Waals surface area contributed by atoms with Gasteiger partial charge in [-0.15, -0.1) is 0 Å². The number of aliphatic carboxylic acids is 1. The maximum atomic E-state index is 11.8. The summed E-state index contributed by atoms with van der Waals surface area (Å²) in [4.78, 5) is 23.3. The Labute approximate surface area is 110 Å². The van der Waals surface area contributed by atoms with Crippen molar-refractivity contribution >= 4 is 17.3 Å². The molecular formula is C16H14O3. The van der Waals surface area contributed by atoms with E-state index in [1.165, 1.54) is 0 Å². The van der Waals surface area contributed by atoms with Crippen molar-refractivity contribution in [2.75, 3.05) is 0 Å². The first-order valence-electron chi connectivity index (χ1n) is 6.74. The van der Waals surface area contributed by atoms with E-state index >= 15 is 0 Å². The lowest BCUT2D eigenvalue weighted by molar-refractivity contribution is -0.134. The fourth-order valence-electron chi connectivity index (χ4n) is 4.40. The highest BCUT2D eigenvalue weighted by Crippen LogP contribution is 2.64. The van der Waals surface area contributed by atoms with E-state index in [9.17, 15) is 14.7 Å². The van der Waals surface area contributed by atoms with Gasteiger partial charge in [0.1, 0.15) is 5.78 Å². The fourth-order valence-corrected chi connectivity index (χ4v) is 4.40. The summed E-state index contributed by atoms with van der Waals surface area (Å²) in [6, 6.07) is 9.76. The molecule has 0 spiro atoms. The molecule has 2 fully saturated rings. The summed E-state index contributed by atoms with van der Waals surface area (Å²) in [5, 5.41) is 9.46. The van der Waals surface area contributed by atoms with Gasteiger partial charge < -0.3 is 5.11 Å². The topological polar surface area (TPSA) is 54.4 Å². The van der Waals surface area contributed by atoms with Crippen molar-refractivity contribution in [3.05, 3.63) is 41.5 Å². The number of Topliss-reactive ketones (excluding diaryl/α,β-unsaturated/α-hetero) is 1. The van der Waals surface area contributed by atoms with Gasteiger partial charge >= 0.3 is 5.97 Å². The van der Waals surface area contributed by atoms with Crippen LogP contribution in [0.2, 0.25) is 0 Å². The molecule has 1 aromatic rings. The zero-order valence-corrected chi connectivity index (χ0v) is 10.4. The van der Waals surface area contributed by atoms with E-state index in [0.717, 1.165) is 17.6 Å². The van der Waals surface area contributed by atoms with Crippen molar-refractivity contribution in [2.24, 2.45) is 23.7 Å². The number of allylic oxidation sites excluding steroid dienone is 1. The third kappa shape index (κ3) is 1.28. The summed E-state index contributed by atoms with van der Waals surface area (Å²) >= 11 is 0. The smallest absolute Gasteiger partial charge is 0.332 e. The molecule has 3 heteroatoms. The van der Waals surface area contributed by atoms with Gasteiger partial charge in [-0.2, -0.15) is 0 Å². The minimum absolute atomic E-state index is 0.0149. The highest BCUT2D eigenvalue weighted by atomic mass is 16.4. The van der Waals surface area contributed by atoms with Crippen LogP contribution in [0.5, 0.6) is 0 Å². The molecule has 0 unspecified atom stereocenters. The Kier molecular flexibility index (Phi) is 2.06. The average Bonchev–Trinajstić information content (AvgIpc) is 2.83. The molecule has 2 bridgehead atoms. The van der Waals surface area contributed by atoms with Crippen LogP contribution in [0.25, 0.3) is 5.57 Å². The Hall–Kier alpha value is -1.90. The molecule has 0 radical (unpaired) electrons. The number of fused-ring (bicyclic) bond motifs is 5. The standard InChI is InChI=1S/C16H14O3/c17-11-7-9-6-10(11)14-13(9)12(15(14)16(18)19)8-4-2-1-3-5-8/h1-5,9-10,13-14H,6-7H2,(H,18,19)/t9-,10+,13+,14+/m1/s1. The summed E-state index contributed by atoms with van der Waals surface area (Å²) in [7, 11) is 0. The summed E-state index contributed by atoms with van der Waals surface area (Å²) in [5.74, 6) is 0.0714. The van der Waals surface area contributed by atoms with Gasteiger partial charge in [-0.25, -0.2) is 4.79 Å². The molecule has 4 rings (SSSR count). The van der Waals surface area contributed by atoms with E-state index in [1.807, 2.05) is 30.3 Å². The van der Waals surface area contributed by atoms with Crippen LogP contribution in [0.4, 0.5) is 0 Å². The zero-order chi connectivity index (χ0) is 13.1. The lowest BCUT2D eigenvalue weighted by Gasteiger charge is -2.42. The van der Waals surface area contributed by atoms with Crippen LogP contribution in [-0.4, -0.2) is 16.9 Å². The van der Waals surface area contributed by atoms with E-state index in [1.54, 1.807) is 0 Å². The number of hydrogen-bond donors (Lipinski definition) is 1. The lowest BCUT2D eigenvalue weighted by atomic mass is 9.59. The Morgan fingerprint density at radius 1 is 1.16 bits per heavy atom. The molecule has 2 saturated carbocycles. The second-order valence-corrected chi connectivity index (χ2v) is 5.82. The normalized spacial score (nSPS) is 35.3. The molecule has 19 heavy (non-hydrogen) atoms. The molecule has 0 amide bonds. The maximum Gasteiger partial charge on any atom is 0.332 e. The van der Waals surface area contributed by atoms with E-state index in [-0.39, 0.29) is 17.6 Å². The third-order valence-electron chi connectivity index (χ3n) is 5.03. The summed E-state index contributed by atoms with van der Waals surface area (Å²) < 4.78 is 0. The number of benzene rings is 1. The molecule has 4 atom stereocenters. The first-order chi connectivity index (χ1) is 9.18. The monoisotopic (exact) mass is 254 g/mol. The van der Waals surface area contributed by atoms with Crippen LogP contribution in [-0.2, 0) is 9.59 Å². The van der Waals surface area contributed by atoms with Gasteiger partial charge in [0.25, 0.3) is 0 Å². The van der Waals surface area contributed by atoms with Gasteiger partial charge in [-0.1, -0.05) is 30.3 Å². The molecule has 3 nitrogen and oxygen atoms in total. The van der Waals surface area contributed by atoms with E-state index in [4.69, 9.17) is 0 Å². The third-order valence-corrected chi connectivity index (χ3v) is 5.03. The first kappa shape index (κ1) is 11.0. The van der Waals surface area contributed by atoms with Crippen LogP contribution in [0.15, 0.2) is 35.9 Å². The van der Waals surface area contributed by atoms with Crippen molar-refractivity contribution in [1.29, 1.82) is 0 Å². The minimum atomic E-state index is -0.847. The number of carbonyl (C=O) groups excluding carboxylic acids is 1. The molecule has 96 valence electrons. The Morgan fingerprint density at radius 2 is 1.89 bits per heavy atom. The molecule has 0 heterocycles. The molecule has 1 aromatic carbocycles. The summed E-state index contributed by atoms with van der Waals surface area (Å²) in [6.07, 6.45) is 1.54. The number of hydrogen-bond acceptors (Lipinski definition) is 2. The van der Waals surface area contributed by atoms with Gasteiger partial charge in [0, 0.05) is 23.8 Å². The van der Waals surface area contributed by atoms with Crippen molar-refractivity contribution in [3.63, 3.8) is 0 Å². The first-order valence-corrected chi connectivity index (χ1v) is 6.74. The minimum Gasteiger partial charge on any atom is -0.478 e. The van der Waals surface area contributed by atoms with Crippen LogP contribution in [0.3, 0.4) is 0 Å². The van der Waals surface area contributed by atoms with Gasteiger partial charge in [0.15, 0.2) is 0 Å². The molecular weight excluding hydrogens is 240 g/mol. The summed E-state index contributed by atoms with van der Waals surface area (Å²) in [5.41, 5.74) is 2.50. The molecule has 0 aromatic heterocycles. The fraction of sp³-hybridized carbons (Fsp3) is 0.375. The van der Waals surface area contributed by atoms with Crippen molar-refractivity contribution in [3.8, 4) is 0 Å². The predicted octanol–water partition coefficient (Wildman–Crippen LogP) is 2.38. The van der Waals surface area contributed by atoms with E-state index in [2.05, 4.69) is 0 Å². The van der Waals surface area contributed by atoms with E-state index < -0.39 is 5.97 Å². The number of carboxylic acids is 1. The highest BCUT2D eigenvalue weighted by Gasteiger charge is 2.61. The molecule has 0 saturated heterocycles. The number of rotatable bonds is 2. The van der Waals surface area contributed by atoms with Crippen LogP contribution in [0.1, 0.15) is 18.4 Å². The Bertz CT molecular complexity index is 614. The van der Waals surface area contributed by atoms with Crippen LogP contribution in [0, 0.1) is 23.7 Å². The number of ketones is 1. The Balaban J connectivity index is 1.85. The number of carbonyl (C=O) groups is 2. The van der Waals surface area contributed by atoms with Crippen molar-refractivity contribution in [1.82, 2.24) is 0 Å². The van der Waals surface area contributed by atoms with Crippen LogP contribution < -0.4 is 0 Å². The van der Waals surface area contributed by atoms with E-state index in [0.29, 0.717) is 23.8 Å². The second-order valence-electron chi connectivity index (χ2n) is 5.82.